The molecule has 0 fully saturated rings. The van der Waals surface area contributed by atoms with Crippen molar-refractivity contribution in [1.82, 2.24) is 4.72 Å². The number of hydrogen-bond donors (Lipinski definition) is 2. The van der Waals surface area contributed by atoms with Crippen LogP contribution in [0.2, 0.25) is 0 Å². The highest BCUT2D eigenvalue weighted by Gasteiger charge is 2.30. The lowest BCUT2D eigenvalue weighted by atomic mass is 10.2. The van der Waals surface area contributed by atoms with Crippen molar-refractivity contribution in [2.24, 2.45) is 0 Å². The second-order valence-corrected chi connectivity index (χ2v) is 6.14. The summed E-state index contributed by atoms with van der Waals surface area (Å²) in [5.74, 6) is 0. The van der Waals surface area contributed by atoms with Gasteiger partial charge in [0.2, 0.25) is 10.0 Å². The number of benzene rings is 1. The normalized spacial score (nSPS) is 12.9. The average molecular weight is 297 g/mol. The molecule has 0 bridgehead atoms. The maximum Gasteiger partial charge on any atom is 0.416 e. The summed E-state index contributed by atoms with van der Waals surface area (Å²) in [5.41, 5.74) is -0.871. The Morgan fingerprint density at radius 2 is 1.68 bits per heavy atom. The summed E-state index contributed by atoms with van der Waals surface area (Å²) in [5, 5.41) is 0. The van der Waals surface area contributed by atoms with Gasteiger partial charge in [0.15, 0.2) is 0 Å². The fourth-order valence-electron chi connectivity index (χ4n) is 1.34. The zero-order valence-electron chi connectivity index (χ0n) is 10.6. The van der Waals surface area contributed by atoms with Gasteiger partial charge in [0.25, 0.3) is 0 Å². The molecule has 0 aliphatic rings. The predicted molar refractivity (Wildman–Crippen MR) is 64.3 cm³/mol. The summed E-state index contributed by atoms with van der Waals surface area (Å²) >= 11 is 0. The van der Waals surface area contributed by atoms with Crippen molar-refractivity contribution in [2.75, 3.05) is 27.2 Å². The van der Waals surface area contributed by atoms with Gasteiger partial charge in [0.1, 0.15) is 0 Å². The number of sulfonamides is 1. The molecule has 0 saturated carbocycles. The van der Waals surface area contributed by atoms with E-state index in [9.17, 15) is 21.6 Å². The molecule has 0 heterocycles. The van der Waals surface area contributed by atoms with E-state index in [1.54, 1.807) is 0 Å². The molecule has 108 valence electrons. The van der Waals surface area contributed by atoms with Crippen molar-refractivity contribution in [1.29, 1.82) is 0 Å². The summed E-state index contributed by atoms with van der Waals surface area (Å²) in [6, 6.07) is 3.42. The van der Waals surface area contributed by atoms with E-state index in [1.165, 1.54) is 0 Å². The first kappa shape index (κ1) is 15.9. The molecule has 0 radical (unpaired) electrons. The molecule has 4 nitrogen and oxygen atoms in total. The van der Waals surface area contributed by atoms with Gasteiger partial charge in [-0.25, -0.2) is 13.1 Å². The minimum Gasteiger partial charge on any atom is -0.339 e. The molecule has 0 spiro atoms. The molecule has 1 aromatic rings. The number of nitrogens with one attached hydrogen (secondary N) is 2. The van der Waals surface area contributed by atoms with Crippen LogP contribution < -0.4 is 9.62 Å². The Morgan fingerprint density at radius 1 is 1.16 bits per heavy atom. The third kappa shape index (κ3) is 4.81. The van der Waals surface area contributed by atoms with Crippen LogP contribution in [-0.2, 0) is 16.2 Å². The third-order valence-electron chi connectivity index (χ3n) is 2.41. The van der Waals surface area contributed by atoms with E-state index in [2.05, 4.69) is 4.72 Å². The van der Waals surface area contributed by atoms with Gasteiger partial charge in [0, 0.05) is 0 Å². The maximum atomic E-state index is 12.3. The van der Waals surface area contributed by atoms with Crippen molar-refractivity contribution in [3.05, 3.63) is 29.8 Å². The van der Waals surface area contributed by atoms with Crippen LogP contribution in [0.3, 0.4) is 0 Å². The lowest BCUT2D eigenvalue weighted by molar-refractivity contribution is -0.856. The van der Waals surface area contributed by atoms with Crippen molar-refractivity contribution >= 4 is 10.0 Å². The molecule has 0 atom stereocenters. The summed E-state index contributed by atoms with van der Waals surface area (Å²) in [6.45, 7) is 0.811. The largest absolute Gasteiger partial charge is 0.416 e. The molecule has 19 heavy (non-hydrogen) atoms. The maximum absolute atomic E-state index is 12.3. The van der Waals surface area contributed by atoms with E-state index >= 15 is 0 Å². The highest BCUT2D eigenvalue weighted by atomic mass is 32.2. The molecule has 1 aromatic carbocycles. The van der Waals surface area contributed by atoms with E-state index in [0.717, 1.165) is 29.2 Å². The van der Waals surface area contributed by atoms with Crippen molar-refractivity contribution in [2.45, 2.75) is 11.1 Å². The smallest absolute Gasteiger partial charge is 0.339 e. The molecular formula is C11H16F3N2O2S+. The van der Waals surface area contributed by atoms with Crippen LogP contribution in [0.4, 0.5) is 13.2 Å². The minimum absolute atomic E-state index is 0.172. The lowest BCUT2D eigenvalue weighted by Gasteiger charge is -2.10. The molecule has 0 aliphatic heterocycles. The first-order chi connectivity index (χ1) is 8.63. The van der Waals surface area contributed by atoms with Gasteiger partial charge in [0.05, 0.1) is 37.6 Å². The zero-order chi connectivity index (χ0) is 14.7. The Labute approximate surface area is 110 Å². The Balaban J connectivity index is 2.80. The second kappa shape index (κ2) is 5.89. The molecule has 0 unspecified atom stereocenters. The summed E-state index contributed by atoms with van der Waals surface area (Å²) in [6.07, 6.45) is -4.47. The first-order valence-electron chi connectivity index (χ1n) is 5.59. The van der Waals surface area contributed by atoms with E-state index in [-0.39, 0.29) is 11.4 Å². The van der Waals surface area contributed by atoms with Crippen molar-refractivity contribution in [3.63, 3.8) is 0 Å². The number of halogens is 3. The van der Waals surface area contributed by atoms with Crippen LogP contribution in [0.15, 0.2) is 29.2 Å². The molecule has 2 N–H and O–H groups in total. The standard InChI is InChI=1S/C11H15F3N2O2S/c1-16(2)8-7-15-19(17,18)10-5-3-9(4-6-10)11(12,13)14/h3-6,15H,7-8H2,1-2H3/p+1. The first-order valence-corrected chi connectivity index (χ1v) is 7.07. The highest BCUT2D eigenvalue weighted by molar-refractivity contribution is 7.89. The fraction of sp³-hybridized carbons (Fsp3) is 0.455. The van der Waals surface area contributed by atoms with Crippen LogP contribution in [0.1, 0.15) is 5.56 Å². The van der Waals surface area contributed by atoms with Crippen LogP contribution in [-0.4, -0.2) is 35.6 Å². The summed E-state index contributed by atoms with van der Waals surface area (Å²) in [7, 11) is -0.0139. The topological polar surface area (TPSA) is 50.6 Å². The number of alkyl halides is 3. The van der Waals surface area contributed by atoms with Crippen molar-refractivity contribution in [3.8, 4) is 0 Å². The fourth-order valence-corrected chi connectivity index (χ4v) is 2.37. The summed E-state index contributed by atoms with van der Waals surface area (Å²) < 4.78 is 62.9. The van der Waals surface area contributed by atoms with Crippen LogP contribution in [0, 0.1) is 0 Å². The lowest BCUT2D eigenvalue weighted by Crippen LogP contribution is -3.06. The number of hydrogen-bond acceptors (Lipinski definition) is 2. The Bertz CT molecular complexity index is 510. The molecule has 0 amide bonds. The van der Waals surface area contributed by atoms with Crippen LogP contribution >= 0.6 is 0 Å². The predicted octanol–water partition coefficient (Wildman–Crippen LogP) is 0.128. The number of quaternary nitrogens is 1. The Kier molecular flexibility index (Phi) is 4.94. The second-order valence-electron chi connectivity index (χ2n) is 4.38. The average Bonchev–Trinajstić information content (AvgIpc) is 2.27. The Hall–Kier alpha value is -1.12. The highest BCUT2D eigenvalue weighted by Crippen LogP contribution is 2.29. The third-order valence-corrected chi connectivity index (χ3v) is 3.89. The van der Waals surface area contributed by atoms with E-state index in [0.29, 0.717) is 6.54 Å². The molecular weight excluding hydrogens is 281 g/mol. The van der Waals surface area contributed by atoms with Gasteiger partial charge in [-0.3, -0.25) is 0 Å². The Morgan fingerprint density at radius 3 is 2.11 bits per heavy atom. The van der Waals surface area contributed by atoms with Crippen LogP contribution in [0.5, 0.6) is 0 Å². The van der Waals surface area contributed by atoms with E-state index in [4.69, 9.17) is 0 Å². The number of likely N-dealkylation sites (N-methyl/N-ethyl adjacent to an activating group) is 1. The van der Waals surface area contributed by atoms with Gasteiger partial charge in [-0.2, -0.15) is 13.2 Å². The van der Waals surface area contributed by atoms with Crippen LogP contribution in [0.25, 0.3) is 0 Å². The molecule has 1 rings (SSSR count). The van der Waals surface area contributed by atoms with Crippen molar-refractivity contribution < 1.29 is 26.5 Å². The molecule has 0 aliphatic carbocycles. The zero-order valence-corrected chi connectivity index (χ0v) is 11.4. The van der Waals surface area contributed by atoms with E-state index in [1.807, 2.05) is 14.1 Å². The quantitative estimate of drug-likeness (QED) is 0.811. The van der Waals surface area contributed by atoms with Gasteiger partial charge in [-0.15, -0.1) is 0 Å². The van der Waals surface area contributed by atoms with Gasteiger partial charge < -0.3 is 4.90 Å². The SMILES string of the molecule is C[NH+](C)CCNS(=O)(=O)c1ccc(C(F)(F)F)cc1. The van der Waals surface area contributed by atoms with Gasteiger partial charge in [-0.05, 0) is 24.3 Å². The molecule has 0 saturated heterocycles. The van der Waals surface area contributed by atoms with Gasteiger partial charge >= 0.3 is 6.18 Å². The monoisotopic (exact) mass is 297 g/mol. The molecule has 0 aromatic heterocycles. The number of rotatable bonds is 5. The van der Waals surface area contributed by atoms with Gasteiger partial charge in [-0.1, -0.05) is 0 Å². The summed E-state index contributed by atoms with van der Waals surface area (Å²) in [4.78, 5) is 0.893. The molecule has 8 heteroatoms. The van der Waals surface area contributed by atoms with E-state index < -0.39 is 21.8 Å². The minimum atomic E-state index is -4.47.